The Kier molecular flexibility index (Phi) is 21.7. The van der Waals surface area contributed by atoms with E-state index in [1.54, 1.807) is 38.4 Å². The van der Waals surface area contributed by atoms with Crippen LogP contribution in [-0.4, -0.2) is 21.5 Å². The summed E-state index contributed by atoms with van der Waals surface area (Å²) in [5.74, 6) is 0.299. The van der Waals surface area contributed by atoms with Crippen molar-refractivity contribution in [2.75, 3.05) is 0 Å². The van der Waals surface area contributed by atoms with E-state index in [0.29, 0.717) is 4.77 Å². The number of allylic oxidation sites excluding steroid dienone is 4. The van der Waals surface area contributed by atoms with Crippen molar-refractivity contribution < 1.29 is 9.59 Å². The first-order valence-electron chi connectivity index (χ1n) is 9.50. The molecular weight excluding hydrogens is 344 g/mol. The maximum Gasteiger partial charge on any atom is 0.174 e. The highest BCUT2D eigenvalue weighted by Gasteiger charge is 1.83. The Labute approximate surface area is 164 Å². The number of rotatable bonds is 10. The lowest BCUT2D eigenvalue weighted by molar-refractivity contribution is -0.113. The van der Waals surface area contributed by atoms with Gasteiger partial charge in [-0.1, -0.05) is 51.7 Å². The Morgan fingerprint density at radius 3 is 1.46 bits per heavy atom. The molecule has 0 aliphatic heterocycles. The lowest BCUT2D eigenvalue weighted by Gasteiger charge is -1.89. The Hall–Kier alpha value is -1.75. The Morgan fingerprint density at radius 1 is 0.846 bits per heavy atom. The van der Waals surface area contributed by atoms with Gasteiger partial charge in [0.25, 0.3) is 0 Å². The molecule has 0 unspecified atom stereocenters. The van der Waals surface area contributed by atoms with Gasteiger partial charge in [-0.3, -0.25) is 9.59 Å². The molecule has 0 aliphatic rings. The van der Waals surface area contributed by atoms with E-state index in [4.69, 9.17) is 0 Å². The summed E-state index contributed by atoms with van der Waals surface area (Å²) in [4.78, 5) is 26.3. The van der Waals surface area contributed by atoms with Crippen molar-refractivity contribution in [2.45, 2.75) is 79.1 Å². The van der Waals surface area contributed by atoms with Crippen LogP contribution in [0, 0.1) is 4.77 Å². The summed E-state index contributed by atoms with van der Waals surface area (Å²) in [6.45, 7) is 7.51. The Bertz CT molecular complexity index is 510. The average Bonchev–Trinajstić information content (AvgIpc) is 3.06. The van der Waals surface area contributed by atoms with Crippen LogP contribution in [0.5, 0.6) is 0 Å². The van der Waals surface area contributed by atoms with Crippen molar-refractivity contribution >= 4 is 23.8 Å². The molecule has 26 heavy (non-hydrogen) atoms. The van der Waals surface area contributed by atoms with Crippen LogP contribution in [0.2, 0.25) is 0 Å². The van der Waals surface area contributed by atoms with Gasteiger partial charge >= 0.3 is 0 Å². The first kappa shape index (κ1) is 26.5. The monoisotopic (exact) mass is 380 g/mol. The summed E-state index contributed by atoms with van der Waals surface area (Å²) >= 11 is 4.63. The number of ketones is 2. The zero-order valence-electron chi connectivity index (χ0n) is 16.8. The Balaban J connectivity index is 0. The van der Waals surface area contributed by atoms with E-state index in [0.717, 1.165) is 12.8 Å². The maximum absolute atomic E-state index is 10.4. The van der Waals surface area contributed by atoms with E-state index in [9.17, 15) is 9.59 Å². The van der Waals surface area contributed by atoms with Gasteiger partial charge in [0.2, 0.25) is 0 Å². The Morgan fingerprint density at radius 2 is 1.23 bits per heavy atom. The third kappa shape index (κ3) is 27.1. The second kappa shape index (κ2) is 21.3. The van der Waals surface area contributed by atoms with Crippen LogP contribution in [-0.2, 0) is 9.59 Å². The molecule has 1 rings (SSSR count). The summed E-state index contributed by atoms with van der Waals surface area (Å²) in [6, 6.07) is 0. The molecule has 5 heteroatoms. The van der Waals surface area contributed by atoms with Crippen molar-refractivity contribution in [3.63, 3.8) is 0 Å². The number of unbranched alkanes of at least 4 members (excludes halogenated alkanes) is 6. The van der Waals surface area contributed by atoms with E-state index in [1.807, 2.05) is 12.2 Å². The highest BCUT2D eigenvalue weighted by molar-refractivity contribution is 7.71. The van der Waals surface area contributed by atoms with E-state index in [-0.39, 0.29) is 11.6 Å². The van der Waals surface area contributed by atoms with Gasteiger partial charge in [-0.2, -0.15) is 0 Å². The molecule has 1 aromatic heterocycles. The van der Waals surface area contributed by atoms with Crippen molar-refractivity contribution in [1.82, 2.24) is 9.97 Å². The van der Waals surface area contributed by atoms with E-state index in [2.05, 4.69) is 36.0 Å². The van der Waals surface area contributed by atoms with Gasteiger partial charge in [0.15, 0.2) is 16.3 Å². The van der Waals surface area contributed by atoms with Crippen LogP contribution >= 0.6 is 12.2 Å². The second-order valence-corrected chi connectivity index (χ2v) is 6.38. The van der Waals surface area contributed by atoms with Crippen molar-refractivity contribution in [3.8, 4) is 0 Å². The predicted octanol–water partition coefficient (Wildman–Crippen LogP) is 6.50. The molecule has 2 N–H and O–H groups in total. The van der Waals surface area contributed by atoms with Gasteiger partial charge < -0.3 is 9.97 Å². The molecule has 0 bridgehead atoms. The number of hydrogen-bond donors (Lipinski definition) is 2. The quantitative estimate of drug-likeness (QED) is 0.277. The molecule has 0 amide bonds. The van der Waals surface area contributed by atoms with Crippen LogP contribution in [0.1, 0.15) is 79.1 Å². The summed E-state index contributed by atoms with van der Waals surface area (Å²) in [5.41, 5.74) is 0. The number of nitrogens with one attached hydrogen (secondary N) is 2. The largest absolute Gasteiger partial charge is 0.338 e. The average molecular weight is 381 g/mol. The number of H-pyrrole nitrogens is 2. The molecule has 0 saturated heterocycles. The number of hydrogen-bond acceptors (Lipinski definition) is 3. The minimum absolute atomic E-state index is 0.150. The number of aromatic amines is 2. The molecule has 0 saturated carbocycles. The maximum atomic E-state index is 10.4. The zero-order chi connectivity index (χ0) is 20.0. The molecular formula is C21H36N2O2S. The third-order valence-corrected chi connectivity index (χ3v) is 3.40. The molecule has 0 fully saturated rings. The van der Waals surface area contributed by atoms with Crippen LogP contribution in [0.4, 0.5) is 0 Å². The van der Waals surface area contributed by atoms with Gasteiger partial charge in [0, 0.05) is 12.4 Å². The minimum atomic E-state index is 0.150. The van der Waals surface area contributed by atoms with E-state index < -0.39 is 0 Å². The highest BCUT2D eigenvalue weighted by Crippen LogP contribution is 1.99. The van der Waals surface area contributed by atoms with Crippen molar-refractivity contribution in [3.05, 3.63) is 41.5 Å². The lowest BCUT2D eigenvalue weighted by Crippen LogP contribution is -1.79. The van der Waals surface area contributed by atoms with Crippen molar-refractivity contribution in [2.24, 2.45) is 0 Å². The molecule has 0 radical (unpaired) electrons. The van der Waals surface area contributed by atoms with Crippen LogP contribution in [0.3, 0.4) is 0 Å². The summed E-state index contributed by atoms with van der Waals surface area (Å²) in [6.07, 6.45) is 20.2. The first-order chi connectivity index (χ1) is 12.4. The fraction of sp³-hybridized carbons (Fsp3) is 0.571. The number of aromatic nitrogens is 2. The van der Waals surface area contributed by atoms with Crippen LogP contribution in [0.15, 0.2) is 36.7 Å². The third-order valence-electron chi connectivity index (χ3n) is 3.17. The number of carbonyl (C=O) groups is 2. The molecule has 1 aromatic rings. The zero-order valence-corrected chi connectivity index (χ0v) is 17.7. The van der Waals surface area contributed by atoms with Crippen molar-refractivity contribution in [1.29, 1.82) is 0 Å². The van der Waals surface area contributed by atoms with Crippen LogP contribution < -0.4 is 0 Å². The minimum Gasteiger partial charge on any atom is -0.338 e. The smallest absolute Gasteiger partial charge is 0.174 e. The summed E-state index contributed by atoms with van der Waals surface area (Å²) in [7, 11) is 0. The summed E-state index contributed by atoms with van der Waals surface area (Å²) < 4.78 is 0.676. The molecule has 0 aromatic carbocycles. The van der Waals surface area contributed by atoms with Gasteiger partial charge in [-0.05, 0) is 63.9 Å². The molecule has 0 aliphatic carbocycles. The normalized spacial score (nSPS) is 10.2. The lowest BCUT2D eigenvalue weighted by atomic mass is 10.2. The van der Waals surface area contributed by atoms with Gasteiger partial charge in [0.05, 0.1) is 0 Å². The molecule has 148 valence electrons. The molecule has 4 nitrogen and oxygen atoms in total. The second-order valence-electron chi connectivity index (χ2n) is 5.97. The standard InChI is InChI=1S/2C9H16O.C3H4N2S/c2*1-3-4-5-6-7-8-9(2)10;6-3-4-1-2-5-3/h2*7-8H,3-6H2,1-2H3;1-2H,(H2,4,5,6). The highest BCUT2D eigenvalue weighted by atomic mass is 32.1. The van der Waals surface area contributed by atoms with Crippen LogP contribution in [0.25, 0.3) is 0 Å². The van der Waals surface area contributed by atoms with Gasteiger partial charge in [-0.15, -0.1) is 0 Å². The molecule has 0 atom stereocenters. The first-order valence-corrected chi connectivity index (χ1v) is 9.91. The topological polar surface area (TPSA) is 65.7 Å². The van der Waals surface area contributed by atoms with Gasteiger partial charge in [0.1, 0.15) is 0 Å². The predicted molar refractivity (Wildman–Crippen MR) is 114 cm³/mol. The number of imidazole rings is 1. The fourth-order valence-electron chi connectivity index (χ4n) is 1.80. The summed E-state index contributed by atoms with van der Waals surface area (Å²) in [5, 5.41) is 0. The van der Waals surface area contributed by atoms with Gasteiger partial charge in [-0.25, -0.2) is 0 Å². The SMILES string of the molecule is CCCCCC=CC(C)=O.CCCCCC=CC(C)=O.S=c1[nH]cc[nH]1. The van der Waals surface area contributed by atoms with E-state index >= 15 is 0 Å². The number of carbonyl (C=O) groups excluding carboxylic acids is 2. The molecule has 0 spiro atoms. The molecule has 1 heterocycles. The van der Waals surface area contributed by atoms with E-state index in [1.165, 1.54) is 38.5 Å². The fourth-order valence-corrected chi connectivity index (χ4v) is 1.94.